The minimum absolute atomic E-state index is 0.111. The molecule has 0 unspecified atom stereocenters. The summed E-state index contributed by atoms with van der Waals surface area (Å²) in [5.41, 5.74) is 3.82. The van der Waals surface area contributed by atoms with Crippen molar-refractivity contribution in [1.29, 1.82) is 5.26 Å². The Bertz CT molecular complexity index is 1330. The number of carbonyl (C=O) groups is 1. The molecule has 10 nitrogen and oxygen atoms in total. The molecule has 0 fully saturated rings. The maximum atomic E-state index is 15.6. The van der Waals surface area contributed by atoms with Crippen LogP contribution in [0.3, 0.4) is 0 Å². The van der Waals surface area contributed by atoms with Gasteiger partial charge in [0.05, 0.1) is 39.0 Å². The zero-order chi connectivity index (χ0) is 23.8. The molecule has 3 aromatic rings. The number of fused-ring (bicyclic) bond motifs is 1. The Balaban J connectivity index is 2.22. The first kappa shape index (κ1) is 23.3. The minimum atomic E-state index is -4.48. The summed E-state index contributed by atoms with van der Waals surface area (Å²) in [6, 6.07) is 6.01. The van der Waals surface area contributed by atoms with Gasteiger partial charge in [0, 0.05) is 19.4 Å². The first-order chi connectivity index (χ1) is 14.9. The van der Waals surface area contributed by atoms with Crippen LogP contribution in [0.25, 0.3) is 5.52 Å². The van der Waals surface area contributed by atoms with Gasteiger partial charge in [0.25, 0.3) is 5.91 Å². The lowest BCUT2D eigenvalue weighted by atomic mass is 9.94. The van der Waals surface area contributed by atoms with E-state index < -0.39 is 38.6 Å². The third kappa shape index (κ3) is 4.05. The molecule has 12 heteroatoms. The lowest BCUT2D eigenvalue weighted by molar-refractivity contribution is -0.0324. The molecule has 0 saturated carbocycles. The number of nitrogens with two attached hydrogens (primary N) is 1. The highest BCUT2D eigenvalue weighted by Crippen LogP contribution is 2.36. The number of rotatable bonds is 7. The fourth-order valence-corrected chi connectivity index (χ4v) is 4.80. The zero-order valence-corrected chi connectivity index (χ0v) is 18.3. The highest BCUT2D eigenvalue weighted by atomic mass is 32.2. The number of hydrogen-bond donors (Lipinski definition) is 2. The van der Waals surface area contributed by atoms with Crippen LogP contribution in [0.5, 0.6) is 0 Å². The molecule has 0 saturated heterocycles. The van der Waals surface area contributed by atoms with Crippen molar-refractivity contribution in [1.82, 2.24) is 18.9 Å². The lowest BCUT2D eigenvalue weighted by Gasteiger charge is -2.35. The molecule has 3 rings (SSSR count). The van der Waals surface area contributed by atoms with Gasteiger partial charge in [0.15, 0.2) is 6.17 Å². The Morgan fingerprint density at radius 1 is 1.34 bits per heavy atom. The van der Waals surface area contributed by atoms with Crippen LogP contribution in [0.4, 0.5) is 4.39 Å². The van der Waals surface area contributed by atoms with Crippen LogP contribution < -0.4 is 5.73 Å². The van der Waals surface area contributed by atoms with E-state index in [1.807, 2.05) is 6.07 Å². The summed E-state index contributed by atoms with van der Waals surface area (Å²) in [7, 11) is -3.35. The maximum Gasteiger partial charge on any atom is 0.251 e. The number of nitrogens with zero attached hydrogens (tertiary/aromatic N) is 5. The third-order valence-corrected chi connectivity index (χ3v) is 6.91. The third-order valence-electron chi connectivity index (χ3n) is 5.01. The van der Waals surface area contributed by atoms with Crippen LogP contribution in [-0.2, 0) is 10.0 Å². The Morgan fingerprint density at radius 3 is 2.62 bits per heavy atom. The van der Waals surface area contributed by atoms with E-state index in [4.69, 9.17) is 11.0 Å². The summed E-state index contributed by atoms with van der Waals surface area (Å²) < 4.78 is 44.5. The molecule has 3 heterocycles. The van der Waals surface area contributed by atoms with Crippen molar-refractivity contribution in [2.45, 2.75) is 36.6 Å². The number of pyridine rings is 1. The van der Waals surface area contributed by atoms with Crippen molar-refractivity contribution in [3.63, 3.8) is 0 Å². The van der Waals surface area contributed by atoms with Gasteiger partial charge < -0.3 is 10.8 Å². The van der Waals surface area contributed by atoms with Gasteiger partial charge in [0.1, 0.15) is 12.1 Å². The van der Waals surface area contributed by atoms with Gasteiger partial charge >= 0.3 is 0 Å². The first-order valence-corrected chi connectivity index (χ1v) is 10.8. The van der Waals surface area contributed by atoms with Crippen molar-refractivity contribution in [2.24, 2.45) is 5.73 Å². The second-order valence-corrected chi connectivity index (χ2v) is 9.67. The molecule has 3 N–H and O–H groups in total. The first-order valence-electron chi connectivity index (χ1n) is 9.35. The largest absolute Gasteiger partial charge is 0.387 e. The van der Waals surface area contributed by atoms with Crippen molar-refractivity contribution >= 4 is 21.4 Å². The Hall–Kier alpha value is -3.40. The zero-order valence-electron chi connectivity index (χ0n) is 17.5. The quantitative estimate of drug-likeness (QED) is 0.536. The highest BCUT2D eigenvalue weighted by Gasteiger charge is 2.44. The summed E-state index contributed by atoms with van der Waals surface area (Å²) in [5.74, 6) is -1.01. The molecule has 0 spiro atoms. The number of hydrogen-bond acceptors (Lipinski definition) is 7. The van der Waals surface area contributed by atoms with Gasteiger partial charge in [-0.15, -0.1) is 0 Å². The number of primary amides is 1. The van der Waals surface area contributed by atoms with E-state index in [-0.39, 0.29) is 16.8 Å². The second kappa shape index (κ2) is 8.27. The predicted molar refractivity (Wildman–Crippen MR) is 112 cm³/mol. The SMILES string of the molecule is CN([C@H](c1ccc2cc(C#N)cnn12)[C@@H](F)C(C)(C)O)S(=O)(=O)c1ccncc1C(N)=O. The van der Waals surface area contributed by atoms with Crippen molar-refractivity contribution < 1.29 is 22.7 Å². The van der Waals surface area contributed by atoms with E-state index in [1.54, 1.807) is 6.07 Å². The van der Waals surface area contributed by atoms with Crippen molar-refractivity contribution in [3.8, 4) is 6.07 Å². The number of halogens is 1. The number of alkyl halides is 1. The Morgan fingerprint density at radius 2 is 2.03 bits per heavy atom. The van der Waals surface area contributed by atoms with E-state index in [0.717, 1.165) is 23.6 Å². The van der Waals surface area contributed by atoms with Crippen LogP contribution in [0.2, 0.25) is 0 Å². The number of sulfonamides is 1. The Labute approximate surface area is 183 Å². The molecular weight excluding hydrogens is 439 g/mol. The second-order valence-electron chi connectivity index (χ2n) is 7.71. The van der Waals surface area contributed by atoms with Gasteiger partial charge in [-0.2, -0.15) is 14.7 Å². The van der Waals surface area contributed by atoms with E-state index in [1.165, 1.54) is 42.9 Å². The van der Waals surface area contributed by atoms with Crippen LogP contribution >= 0.6 is 0 Å². The smallest absolute Gasteiger partial charge is 0.251 e. The molecule has 0 aromatic carbocycles. The van der Waals surface area contributed by atoms with Crippen LogP contribution in [0, 0.1) is 11.3 Å². The van der Waals surface area contributed by atoms with Crippen LogP contribution in [0.1, 0.15) is 41.5 Å². The van der Waals surface area contributed by atoms with E-state index in [9.17, 15) is 18.3 Å². The van der Waals surface area contributed by atoms with Gasteiger partial charge in [-0.05, 0) is 38.1 Å². The molecule has 0 aliphatic rings. The van der Waals surface area contributed by atoms with Crippen LogP contribution in [-0.4, -0.2) is 57.2 Å². The standard InChI is InChI=1S/C20H21FN6O4S/c1-20(2,29)18(21)17(15-5-4-13-8-12(9-22)10-25-27(13)15)26(3)32(30,31)16-6-7-24-11-14(16)19(23)28/h4-8,10-11,17-18,29H,1-3H3,(H2,23,28)/t17-,18-/m1/s1. The summed E-state index contributed by atoms with van der Waals surface area (Å²) in [5, 5.41) is 23.6. The molecule has 1 amide bonds. The minimum Gasteiger partial charge on any atom is -0.387 e. The molecule has 3 aromatic heterocycles. The Kier molecular flexibility index (Phi) is 6.01. The van der Waals surface area contributed by atoms with Gasteiger partial charge in [-0.25, -0.2) is 17.3 Å². The topological polar surface area (TPSA) is 155 Å². The fraction of sp³-hybridized carbons (Fsp3) is 0.300. The number of aliphatic hydroxyl groups is 1. The monoisotopic (exact) mass is 460 g/mol. The molecule has 2 atom stereocenters. The van der Waals surface area contributed by atoms with Gasteiger partial charge in [0.2, 0.25) is 10.0 Å². The highest BCUT2D eigenvalue weighted by molar-refractivity contribution is 7.89. The lowest BCUT2D eigenvalue weighted by Crippen LogP contribution is -2.46. The van der Waals surface area contributed by atoms with E-state index >= 15 is 4.39 Å². The summed E-state index contributed by atoms with van der Waals surface area (Å²) >= 11 is 0. The number of carbonyl (C=O) groups excluding carboxylic acids is 1. The van der Waals surface area contributed by atoms with Gasteiger partial charge in [-0.1, -0.05) is 0 Å². The molecular formula is C20H21FN6O4S. The number of aromatic nitrogens is 3. The molecule has 168 valence electrons. The van der Waals surface area contributed by atoms with Crippen LogP contribution in [0.15, 0.2) is 47.8 Å². The summed E-state index contributed by atoms with van der Waals surface area (Å²) in [6.45, 7) is 2.42. The fourth-order valence-electron chi connectivity index (χ4n) is 3.31. The average Bonchev–Trinajstić information content (AvgIpc) is 3.15. The summed E-state index contributed by atoms with van der Waals surface area (Å²) in [4.78, 5) is 15.0. The molecule has 0 aliphatic carbocycles. The summed E-state index contributed by atoms with van der Waals surface area (Å²) in [6.07, 6.45) is 1.34. The van der Waals surface area contributed by atoms with Gasteiger partial charge in [-0.3, -0.25) is 9.78 Å². The average molecular weight is 460 g/mol. The number of nitriles is 1. The van der Waals surface area contributed by atoms with Crippen molar-refractivity contribution in [2.75, 3.05) is 7.05 Å². The molecule has 32 heavy (non-hydrogen) atoms. The normalized spacial score (nSPS) is 14.3. The maximum absolute atomic E-state index is 15.6. The molecule has 0 aliphatic heterocycles. The number of amides is 1. The van der Waals surface area contributed by atoms with E-state index in [0.29, 0.717) is 5.52 Å². The van der Waals surface area contributed by atoms with E-state index in [2.05, 4.69) is 10.1 Å². The molecule has 0 bridgehead atoms. The predicted octanol–water partition coefficient (Wildman–Crippen LogP) is 1.17. The van der Waals surface area contributed by atoms with Crippen molar-refractivity contribution in [3.05, 3.63) is 59.7 Å². The molecule has 0 radical (unpaired) electrons.